The lowest BCUT2D eigenvalue weighted by Crippen LogP contribution is -2.27. The van der Waals surface area contributed by atoms with Crippen molar-refractivity contribution in [1.29, 1.82) is 0 Å². The van der Waals surface area contributed by atoms with Crippen LogP contribution in [0.15, 0.2) is 30.3 Å². The normalized spacial score (nSPS) is 10.7. The number of nitrogens with one attached hydrogen (secondary N) is 1. The van der Waals surface area contributed by atoms with Crippen molar-refractivity contribution in [3.8, 4) is 5.75 Å². The van der Waals surface area contributed by atoms with Crippen LogP contribution in [-0.4, -0.2) is 28.5 Å². The smallest absolute Gasteiger partial charge is 0.270 e. The predicted molar refractivity (Wildman–Crippen MR) is 89.7 cm³/mol. The summed E-state index contributed by atoms with van der Waals surface area (Å²) in [4.78, 5) is 20.5. The summed E-state index contributed by atoms with van der Waals surface area (Å²) < 4.78 is 5.67. The third-order valence-electron chi connectivity index (χ3n) is 3.17. The summed E-state index contributed by atoms with van der Waals surface area (Å²) in [5.74, 6) is 1.28. The van der Waals surface area contributed by atoms with Gasteiger partial charge in [-0.2, -0.15) is 0 Å². The van der Waals surface area contributed by atoms with E-state index < -0.39 is 0 Å². The van der Waals surface area contributed by atoms with Crippen molar-refractivity contribution in [2.75, 3.05) is 6.54 Å². The van der Waals surface area contributed by atoms with Crippen LogP contribution in [0.2, 0.25) is 0 Å². The number of ether oxygens (including phenoxy) is 1. The minimum absolute atomic E-state index is 0.147. The van der Waals surface area contributed by atoms with Crippen molar-refractivity contribution in [3.63, 3.8) is 0 Å². The molecule has 1 amide bonds. The first-order valence-electron chi connectivity index (χ1n) is 7.80. The minimum atomic E-state index is -0.173. The van der Waals surface area contributed by atoms with E-state index in [1.807, 2.05) is 45.0 Å². The quantitative estimate of drug-likeness (QED) is 0.890. The molecule has 0 fully saturated rings. The van der Waals surface area contributed by atoms with Crippen LogP contribution in [0.4, 0.5) is 0 Å². The van der Waals surface area contributed by atoms with Crippen molar-refractivity contribution in [1.82, 2.24) is 15.3 Å². The molecular weight excluding hydrogens is 290 g/mol. The third-order valence-corrected chi connectivity index (χ3v) is 3.17. The summed E-state index contributed by atoms with van der Waals surface area (Å²) in [6.07, 6.45) is 0.888. The molecule has 2 rings (SSSR count). The molecule has 0 aliphatic rings. The predicted octanol–water partition coefficient (Wildman–Crippen LogP) is 2.85. The van der Waals surface area contributed by atoms with E-state index >= 15 is 0 Å². The van der Waals surface area contributed by atoms with Crippen molar-refractivity contribution in [3.05, 3.63) is 53.1 Å². The molecule has 23 heavy (non-hydrogen) atoms. The molecule has 5 nitrogen and oxygen atoms in total. The van der Waals surface area contributed by atoms with Crippen molar-refractivity contribution < 1.29 is 9.53 Å². The fourth-order valence-corrected chi connectivity index (χ4v) is 2.29. The fraction of sp³-hybridized carbons (Fsp3) is 0.389. The number of carbonyl (C=O) groups is 1. The zero-order valence-electron chi connectivity index (χ0n) is 14.1. The molecule has 2 aromatic rings. The van der Waals surface area contributed by atoms with Crippen LogP contribution in [0.5, 0.6) is 5.75 Å². The highest BCUT2D eigenvalue weighted by Crippen LogP contribution is 2.15. The average Bonchev–Trinajstić information content (AvgIpc) is 2.45. The number of nitrogens with zero attached hydrogens (tertiary/aromatic N) is 2. The SMILES string of the molecule is Cc1cc(C(=O)NCCc2cccc(OC(C)C)c2)nc(C)n1. The molecule has 0 spiro atoms. The van der Waals surface area contributed by atoms with Gasteiger partial charge in [-0.3, -0.25) is 4.79 Å². The molecule has 0 atom stereocenters. The Morgan fingerprint density at radius 2 is 2.00 bits per heavy atom. The highest BCUT2D eigenvalue weighted by molar-refractivity contribution is 5.92. The van der Waals surface area contributed by atoms with Gasteiger partial charge in [0.25, 0.3) is 5.91 Å². The van der Waals surface area contributed by atoms with E-state index in [1.54, 1.807) is 13.0 Å². The topological polar surface area (TPSA) is 64.1 Å². The summed E-state index contributed by atoms with van der Waals surface area (Å²) >= 11 is 0. The lowest BCUT2D eigenvalue weighted by molar-refractivity contribution is 0.0948. The van der Waals surface area contributed by atoms with Crippen molar-refractivity contribution in [2.45, 2.75) is 40.2 Å². The van der Waals surface area contributed by atoms with Crippen LogP contribution in [0, 0.1) is 13.8 Å². The molecule has 0 bridgehead atoms. The van der Waals surface area contributed by atoms with Gasteiger partial charge in [0.15, 0.2) is 0 Å². The van der Waals surface area contributed by atoms with Gasteiger partial charge in [-0.25, -0.2) is 9.97 Å². The van der Waals surface area contributed by atoms with Gasteiger partial charge < -0.3 is 10.1 Å². The second kappa shape index (κ2) is 7.72. The Bertz CT molecular complexity index is 663. The Kier molecular flexibility index (Phi) is 5.68. The summed E-state index contributed by atoms with van der Waals surface area (Å²) in [5, 5.41) is 2.89. The third kappa shape index (κ3) is 5.36. The van der Waals surface area contributed by atoms with Crippen LogP contribution >= 0.6 is 0 Å². The monoisotopic (exact) mass is 313 g/mol. The van der Waals surface area contributed by atoms with Crippen LogP contribution < -0.4 is 10.1 Å². The Balaban J connectivity index is 1.90. The molecule has 122 valence electrons. The largest absolute Gasteiger partial charge is 0.491 e. The van der Waals surface area contributed by atoms with E-state index in [9.17, 15) is 4.79 Å². The van der Waals surface area contributed by atoms with Crippen LogP contribution in [0.3, 0.4) is 0 Å². The zero-order chi connectivity index (χ0) is 16.8. The maximum absolute atomic E-state index is 12.1. The average molecular weight is 313 g/mol. The Hall–Kier alpha value is -2.43. The number of hydrogen-bond acceptors (Lipinski definition) is 4. The number of benzene rings is 1. The van der Waals surface area contributed by atoms with E-state index in [-0.39, 0.29) is 12.0 Å². The van der Waals surface area contributed by atoms with Crippen molar-refractivity contribution >= 4 is 5.91 Å². The highest BCUT2D eigenvalue weighted by atomic mass is 16.5. The lowest BCUT2D eigenvalue weighted by atomic mass is 10.1. The van der Waals surface area contributed by atoms with E-state index in [0.29, 0.717) is 18.1 Å². The molecule has 1 heterocycles. The lowest BCUT2D eigenvalue weighted by Gasteiger charge is -2.11. The maximum Gasteiger partial charge on any atom is 0.270 e. The number of aryl methyl sites for hydroxylation is 2. The molecule has 1 aromatic carbocycles. The molecule has 0 saturated heterocycles. The van der Waals surface area contributed by atoms with Crippen LogP contribution in [-0.2, 0) is 6.42 Å². The minimum Gasteiger partial charge on any atom is -0.491 e. The van der Waals surface area contributed by atoms with E-state index in [1.165, 1.54) is 0 Å². The molecular formula is C18H23N3O2. The van der Waals surface area contributed by atoms with Gasteiger partial charge in [0.2, 0.25) is 0 Å². The van der Waals surface area contributed by atoms with Gasteiger partial charge in [-0.15, -0.1) is 0 Å². The zero-order valence-corrected chi connectivity index (χ0v) is 14.1. The Morgan fingerprint density at radius 3 is 2.70 bits per heavy atom. The van der Waals surface area contributed by atoms with Gasteiger partial charge in [-0.1, -0.05) is 12.1 Å². The molecule has 0 saturated carbocycles. The van der Waals surface area contributed by atoms with Gasteiger partial charge in [0, 0.05) is 12.2 Å². The van der Waals surface area contributed by atoms with E-state index in [0.717, 1.165) is 23.4 Å². The molecule has 5 heteroatoms. The van der Waals surface area contributed by atoms with Crippen LogP contribution in [0.1, 0.15) is 41.4 Å². The number of carbonyl (C=O) groups excluding carboxylic acids is 1. The van der Waals surface area contributed by atoms with E-state index in [2.05, 4.69) is 15.3 Å². The number of amides is 1. The standard InChI is InChI=1S/C18H23N3O2/c1-12(2)23-16-7-5-6-15(11-16)8-9-19-18(22)17-10-13(3)20-14(4)21-17/h5-7,10-12H,8-9H2,1-4H3,(H,19,22). The first kappa shape index (κ1) is 16.9. The maximum atomic E-state index is 12.1. The van der Waals surface area contributed by atoms with Gasteiger partial charge in [0.1, 0.15) is 17.3 Å². The molecule has 0 unspecified atom stereocenters. The van der Waals surface area contributed by atoms with Gasteiger partial charge in [0.05, 0.1) is 6.10 Å². The summed E-state index contributed by atoms with van der Waals surface area (Å²) in [5.41, 5.74) is 2.33. The summed E-state index contributed by atoms with van der Waals surface area (Å²) in [6, 6.07) is 9.63. The first-order chi connectivity index (χ1) is 10.9. The Morgan fingerprint density at radius 1 is 1.22 bits per heavy atom. The summed E-state index contributed by atoms with van der Waals surface area (Å²) in [6.45, 7) is 8.18. The molecule has 0 radical (unpaired) electrons. The number of aromatic nitrogens is 2. The first-order valence-corrected chi connectivity index (χ1v) is 7.80. The van der Waals surface area contributed by atoms with E-state index in [4.69, 9.17) is 4.74 Å². The highest BCUT2D eigenvalue weighted by Gasteiger charge is 2.08. The molecule has 0 aliphatic carbocycles. The summed E-state index contributed by atoms with van der Waals surface area (Å²) in [7, 11) is 0. The fourth-order valence-electron chi connectivity index (χ4n) is 2.29. The van der Waals surface area contributed by atoms with Crippen LogP contribution in [0.25, 0.3) is 0 Å². The molecule has 0 aliphatic heterocycles. The number of rotatable bonds is 6. The molecule has 1 N–H and O–H groups in total. The Labute approximate surface area is 137 Å². The van der Waals surface area contributed by atoms with Gasteiger partial charge in [-0.05, 0) is 57.9 Å². The second-order valence-corrected chi connectivity index (χ2v) is 5.76. The molecule has 1 aromatic heterocycles. The number of hydrogen-bond donors (Lipinski definition) is 1. The van der Waals surface area contributed by atoms with Crippen molar-refractivity contribution in [2.24, 2.45) is 0 Å². The second-order valence-electron chi connectivity index (χ2n) is 5.76. The van der Waals surface area contributed by atoms with Gasteiger partial charge >= 0.3 is 0 Å².